The van der Waals surface area contributed by atoms with Crippen molar-refractivity contribution < 1.29 is 14.0 Å². The molecule has 2 fully saturated rings. The Morgan fingerprint density at radius 3 is 2.37 bits per heavy atom. The van der Waals surface area contributed by atoms with Crippen molar-refractivity contribution in [3.8, 4) is 0 Å². The molecule has 1 aromatic carbocycles. The van der Waals surface area contributed by atoms with Gasteiger partial charge in [-0.2, -0.15) is 0 Å². The molecule has 0 aliphatic carbocycles. The number of piperidine rings is 1. The molecule has 3 rings (SSSR count). The van der Waals surface area contributed by atoms with Gasteiger partial charge in [-0.05, 0) is 38.3 Å². The summed E-state index contributed by atoms with van der Waals surface area (Å²) in [5.41, 5.74) is 0.208. The maximum Gasteiger partial charge on any atom is 0.241 e. The molecule has 1 N–H and O–H groups in total. The fourth-order valence-corrected chi connectivity index (χ4v) is 3.71. The number of rotatable bonds is 5. The Balaban J connectivity index is 1.44. The van der Waals surface area contributed by atoms with Gasteiger partial charge in [0.15, 0.2) is 0 Å². The Morgan fingerprint density at radius 1 is 1.04 bits per heavy atom. The van der Waals surface area contributed by atoms with Crippen LogP contribution in [0.15, 0.2) is 24.3 Å². The average molecular weight is 376 g/mol. The second-order valence-corrected chi connectivity index (χ2v) is 7.40. The molecule has 0 aromatic heterocycles. The lowest BCUT2D eigenvalue weighted by atomic mass is 10.1. The number of carbonyl (C=O) groups excluding carboxylic acids is 2. The molecule has 0 bridgehead atoms. The number of nitrogens with one attached hydrogen (secondary N) is 1. The number of anilines is 1. The second kappa shape index (κ2) is 9.28. The van der Waals surface area contributed by atoms with Crippen molar-refractivity contribution in [1.29, 1.82) is 0 Å². The SMILES string of the molecule is C[C@@H](C(=O)Nc1ccccc1F)N1CCN(CC(=O)N2CCCCC2)CC1. The van der Waals surface area contributed by atoms with E-state index in [0.717, 1.165) is 52.1 Å². The number of para-hydroxylation sites is 1. The molecule has 6 nitrogen and oxygen atoms in total. The monoisotopic (exact) mass is 376 g/mol. The van der Waals surface area contributed by atoms with Gasteiger partial charge in [0.1, 0.15) is 5.82 Å². The van der Waals surface area contributed by atoms with Crippen molar-refractivity contribution in [2.45, 2.75) is 32.2 Å². The molecular formula is C20H29FN4O2. The van der Waals surface area contributed by atoms with Crippen molar-refractivity contribution >= 4 is 17.5 Å². The van der Waals surface area contributed by atoms with E-state index in [1.54, 1.807) is 18.2 Å². The minimum Gasteiger partial charge on any atom is -0.342 e. The van der Waals surface area contributed by atoms with Crippen LogP contribution >= 0.6 is 0 Å². The molecule has 1 atom stereocenters. The standard InChI is InChI=1S/C20H29FN4O2/c1-16(20(27)22-18-8-4-3-7-17(18)21)24-13-11-23(12-14-24)15-19(26)25-9-5-2-6-10-25/h3-4,7-8,16H,2,5-6,9-15H2,1H3,(H,22,27)/t16-/m0/s1. The molecule has 2 saturated heterocycles. The molecule has 0 spiro atoms. The molecular weight excluding hydrogens is 347 g/mol. The smallest absolute Gasteiger partial charge is 0.241 e. The first kappa shape index (κ1) is 19.8. The van der Waals surface area contributed by atoms with Crippen LogP contribution in [0.2, 0.25) is 0 Å². The zero-order chi connectivity index (χ0) is 19.2. The highest BCUT2D eigenvalue weighted by molar-refractivity contribution is 5.94. The number of carbonyl (C=O) groups is 2. The van der Waals surface area contributed by atoms with E-state index in [2.05, 4.69) is 15.1 Å². The molecule has 27 heavy (non-hydrogen) atoms. The summed E-state index contributed by atoms with van der Waals surface area (Å²) >= 11 is 0. The van der Waals surface area contributed by atoms with Crippen molar-refractivity contribution in [2.24, 2.45) is 0 Å². The van der Waals surface area contributed by atoms with E-state index in [-0.39, 0.29) is 23.5 Å². The lowest BCUT2D eigenvalue weighted by Gasteiger charge is -2.38. The summed E-state index contributed by atoms with van der Waals surface area (Å²) in [6.45, 7) is 7.03. The Kier molecular flexibility index (Phi) is 6.79. The molecule has 2 amide bonds. The molecule has 2 heterocycles. The third-order valence-electron chi connectivity index (χ3n) is 5.53. The molecule has 0 saturated carbocycles. The first-order valence-corrected chi connectivity index (χ1v) is 9.84. The number of likely N-dealkylation sites (tertiary alicyclic amines) is 1. The zero-order valence-corrected chi connectivity index (χ0v) is 16.0. The maximum atomic E-state index is 13.7. The topological polar surface area (TPSA) is 55.9 Å². The minimum absolute atomic E-state index is 0.208. The lowest BCUT2D eigenvalue weighted by molar-refractivity contribution is -0.134. The first-order chi connectivity index (χ1) is 13.0. The predicted molar refractivity (Wildman–Crippen MR) is 103 cm³/mol. The number of hydrogen-bond acceptors (Lipinski definition) is 4. The average Bonchev–Trinajstić information content (AvgIpc) is 2.70. The Bertz CT molecular complexity index is 655. The van der Waals surface area contributed by atoms with E-state index in [9.17, 15) is 14.0 Å². The summed E-state index contributed by atoms with van der Waals surface area (Å²) in [6, 6.07) is 5.84. The molecule has 2 aliphatic heterocycles. The third-order valence-corrected chi connectivity index (χ3v) is 5.53. The van der Waals surface area contributed by atoms with E-state index < -0.39 is 5.82 Å². The van der Waals surface area contributed by atoms with Gasteiger partial charge in [0, 0.05) is 39.3 Å². The number of amides is 2. The van der Waals surface area contributed by atoms with Crippen molar-refractivity contribution in [3.63, 3.8) is 0 Å². The molecule has 1 aromatic rings. The van der Waals surface area contributed by atoms with Crippen molar-refractivity contribution in [1.82, 2.24) is 14.7 Å². The van der Waals surface area contributed by atoms with Gasteiger partial charge in [-0.25, -0.2) is 4.39 Å². The predicted octanol–water partition coefficient (Wildman–Crippen LogP) is 1.78. The fourth-order valence-electron chi connectivity index (χ4n) is 3.71. The van der Waals surface area contributed by atoms with Crippen LogP contribution in [0.4, 0.5) is 10.1 Å². The van der Waals surface area contributed by atoms with E-state index >= 15 is 0 Å². The van der Waals surface area contributed by atoms with Crippen LogP contribution in [-0.2, 0) is 9.59 Å². The van der Waals surface area contributed by atoms with Crippen LogP contribution in [0, 0.1) is 5.82 Å². The highest BCUT2D eigenvalue weighted by Gasteiger charge is 2.27. The minimum atomic E-state index is -0.431. The molecule has 148 valence electrons. The van der Waals surface area contributed by atoms with E-state index in [1.165, 1.54) is 12.5 Å². The van der Waals surface area contributed by atoms with Crippen LogP contribution in [0.25, 0.3) is 0 Å². The summed E-state index contributed by atoms with van der Waals surface area (Å²) in [7, 11) is 0. The van der Waals surface area contributed by atoms with Gasteiger partial charge in [0.25, 0.3) is 0 Å². The largest absolute Gasteiger partial charge is 0.342 e. The second-order valence-electron chi connectivity index (χ2n) is 7.40. The maximum absolute atomic E-state index is 13.7. The van der Waals surface area contributed by atoms with E-state index in [0.29, 0.717) is 6.54 Å². The summed E-state index contributed by atoms with van der Waals surface area (Å²) < 4.78 is 13.7. The number of piperazine rings is 1. The Labute approximate surface area is 160 Å². The molecule has 7 heteroatoms. The summed E-state index contributed by atoms with van der Waals surface area (Å²) in [5.74, 6) is -0.425. The van der Waals surface area contributed by atoms with Gasteiger partial charge in [-0.1, -0.05) is 12.1 Å². The van der Waals surface area contributed by atoms with Crippen LogP contribution in [0.5, 0.6) is 0 Å². The van der Waals surface area contributed by atoms with Crippen LogP contribution in [0.1, 0.15) is 26.2 Å². The highest BCUT2D eigenvalue weighted by atomic mass is 19.1. The quantitative estimate of drug-likeness (QED) is 0.851. The number of nitrogens with zero attached hydrogens (tertiary/aromatic N) is 3. The highest BCUT2D eigenvalue weighted by Crippen LogP contribution is 2.15. The van der Waals surface area contributed by atoms with Gasteiger partial charge >= 0.3 is 0 Å². The van der Waals surface area contributed by atoms with Gasteiger partial charge in [-0.3, -0.25) is 19.4 Å². The van der Waals surface area contributed by atoms with Gasteiger partial charge in [0.2, 0.25) is 11.8 Å². The molecule has 0 radical (unpaired) electrons. The molecule has 0 unspecified atom stereocenters. The number of halogens is 1. The molecule has 2 aliphatic rings. The lowest BCUT2D eigenvalue weighted by Crippen LogP contribution is -2.54. The Hall–Kier alpha value is -1.99. The van der Waals surface area contributed by atoms with Crippen LogP contribution in [-0.4, -0.2) is 78.4 Å². The van der Waals surface area contributed by atoms with Crippen molar-refractivity contribution in [2.75, 3.05) is 51.1 Å². The summed E-state index contributed by atoms with van der Waals surface area (Å²) in [6.07, 6.45) is 3.43. The van der Waals surface area contributed by atoms with Crippen LogP contribution in [0.3, 0.4) is 0 Å². The number of benzene rings is 1. The van der Waals surface area contributed by atoms with E-state index in [4.69, 9.17) is 0 Å². The fraction of sp³-hybridized carbons (Fsp3) is 0.600. The van der Waals surface area contributed by atoms with Crippen LogP contribution < -0.4 is 5.32 Å². The summed E-state index contributed by atoms with van der Waals surface area (Å²) in [5, 5.41) is 2.66. The van der Waals surface area contributed by atoms with Crippen molar-refractivity contribution in [3.05, 3.63) is 30.1 Å². The van der Waals surface area contributed by atoms with E-state index in [1.807, 2.05) is 11.8 Å². The Morgan fingerprint density at radius 2 is 1.70 bits per heavy atom. The zero-order valence-electron chi connectivity index (χ0n) is 16.0. The van der Waals surface area contributed by atoms with Gasteiger partial charge in [-0.15, -0.1) is 0 Å². The van der Waals surface area contributed by atoms with Gasteiger partial charge in [0.05, 0.1) is 18.3 Å². The van der Waals surface area contributed by atoms with Gasteiger partial charge < -0.3 is 10.2 Å². The first-order valence-electron chi connectivity index (χ1n) is 9.84. The number of hydrogen-bond donors (Lipinski definition) is 1. The normalized spacial score (nSPS) is 20.3. The summed E-state index contributed by atoms with van der Waals surface area (Å²) in [4.78, 5) is 31.0. The third kappa shape index (κ3) is 5.26.